The van der Waals surface area contributed by atoms with Crippen LogP contribution in [0.1, 0.15) is 20.8 Å². The van der Waals surface area contributed by atoms with Crippen molar-refractivity contribution < 1.29 is 18.9 Å². The fourth-order valence-electron chi connectivity index (χ4n) is 1.63. The van der Waals surface area contributed by atoms with Gasteiger partial charge in [0.05, 0.1) is 4.92 Å². The summed E-state index contributed by atoms with van der Waals surface area (Å²) in [7, 11) is 0. The number of rotatable bonds is 5. The van der Waals surface area contributed by atoms with E-state index in [1.54, 1.807) is 26.8 Å². The molecule has 2 aromatic rings. The van der Waals surface area contributed by atoms with Crippen molar-refractivity contribution in [3.63, 3.8) is 0 Å². The van der Waals surface area contributed by atoms with Gasteiger partial charge in [-0.2, -0.15) is 0 Å². The minimum atomic E-state index is -0.555. The van der Waals surface area contributed by atoms with Gasteiger partial charge >= 0.3 is 5.97 Å². The van der Waals surface area contributed by atoms with Crippen molar-refractivity contribution in [3.05, 3.63) is 34.4 Å². The Balaban J connectivity index is 2.02. The Bertz CT molecular complexity index is 723. The molecule has 0 saturated heterocycles. The first kappa shape index (κ1) is 16.9. The van der Waals surface area contributed by atoms with Crippen molar-refractivity contribution >= 4 is 23.4 Å². The molecule has 23 heavy (non-hydrogen) atoms. The minimum Gasteiger partial charge on any atom is -0.459 e. The van der Waals surface area contributed by atoms with Crippen LogP contribution >= 0.6 is 11.8 Å². The monoisotopic (exact) mass is 337 g/mol. The molecule has 1 heterocycles. The van der Waals surface area contributed by atoms with E-state index < -0.39 is 16.5 Å². The van der Waals surface area contributed by atoms with Gasteiger partial charge in [-0.3, -0.25) is 14.9 Å². The molecular formula is C14H15N3O5S. The van der Waals surface area contributed by atoms with Crippen LogP contribution in [0.3, 0.4) is 0 Å². The molecule has 0 fully saturated rings. The lowest BCUT2D eigenvalue weighted by Gasteiger charge is -2.18. The second kappa shape index (κ2) is 6.78. The number of thioether (sulfide) groups is 1. The normalized spacial score (nSPS) is 11.3. The summed E-state index contributed by atoms with van der Waals surface area (Å²) in [5.41, 5.74) is -0.180. The number of nitrogens with zero attached hydrogens (tertiary/aromatic N) is 3. The molecule has 0 N–H and O–H groups in total. The summed E-state index contributed by atoms with van der Waals surface area (Å²) in [4.78, 5) is 21.9. The van der Waals surface area contributed by atoms with Crippen molar-refractivity contribution in [2.45, 2.75) is 31.6 Å². The fourth-order valence-corrected chi connectivity index (χ4v) is 2.17. The standard InChI is InChI=1S/C14H15N3O5S/c1-14(2,3)22-11(18)8-23-13-16-15-12(21-13)9-5-4-6-10(7-9)17(19)20/h4-7H,8H2,1-3H3. The van der Waals surface area contributed by atoms with Gasteiger partial charge in [-0.25, -0.2) is 0 Å². The van der Waals surface area contributed by atoms with E-state index in [0.717, 1.165) is 11.8 Å². The number of carbonyl (C=O) groups is 1. The number of esters is 1. The molecule has 1 aromatic carbocycles. The van der Waals surface area contributed by atoms with E-state index >= 15 is 0 Å². The second-order valence-electron chi connectivity index (χ2n) is 5.56. The highest BCUT2D eigenvalue weighted by molar-refractivity contribution is 7.99. The lowest BCUT2D eigenvalue weighted by Crippen LogP contribution is -2.24. The predicted molar refractivity (Wildman–Crippen MR) is 83.0 cm³/mol. The predicted octanol–water partition coefficient (Wildman–Crippen LogP) is 3.08. The smallest absolute Gasteiger partial charge is 0.316 e. The summed E-state index contributed by atoms with van der Waals surface area (Å²) in [6.45, 7) is 5.34. The van der Waals surface area contributed by atoms with Crippen molar-refractivity contribution in [3.8, 4) is 11.5 Å². The van der Waals surface area contributed by atoms with E-state index in [1.165, 1.54) is 18.2 Å². The molecule has 0 bridgehead atoms. The molecule has 0 unspecified atom stereocenters. The molecule has 0 spiro atoms. The van der Waals surface area contributed by atoms with Gasteiger partial charge in [0.1, 0.15) is 11.4 Å². The topological polar surface area (TPSA) is 108 Å². The first-order valence-electron chi connectivity index (χ1n) is 6.67. The highest BCUT2D eigenvalue weighted by Crippen LogP contribution is 2.26. The summed E-state index contributed by atoms with van der Waals surface area (Å²) in [6.07, 6.45) is 0. The quantitative estimate of drug-likeness (QED) is 0.354. The van der Waals surface area contributed by atoms with Gasteiger partial charge in [0.2, 0.25) is 5.89 Å². The molecule has 8 nitrogen and oxygen atoms in total. The molecular weight excluding hydrogens is 322 g/mol. The summed E-state index contributed by atoms with van der Waals surface area (Å²) >= 11 is 1.05. The molecule has 0 amide bonds. The van der Waals surface area contributed by atoms with E-state index in [-0.39, 0.29) is 22.6 Å². The number of ether oxygens (including phenoxy) is 1. The highest BCUT2D eigenvalue weighted by atomic mass is 32.2. The molecule has 0 aliphatic heterocycles. The third-order valence-corrected chi connectivity index (χ3v) is 3.24. The van der Waals surface area contributed by atoms with Gasteiger partial charge in [-0.15, -0.1) is 10.2 Å². The van der Waals surface area contributed by atoms with Crippen LogP contribution in [0.5, 0.6) is 0 Å². The van der Waals surface area contributed by atoms with Gasteiger partial charge in [0.25, 0.3) is 10.9 Å². The Morgan fingerprint density at radius 3 is 2.78 bits per heavy atom. The molecule has 2 rings (SSSR count). The Kier molecular flexibility index (Phi) is 4.99. The van der Waals surface area contributed by atoms with E-state index in [0.29, 0.717) is 5.56 Å². The molecule has 0 saturated carbocycles. The lowest BCUT2D eigenvalue weighted by atomic mass is 10.2. The zero-order valence-corrected chi connectivity index (χ0v) is 13.6. The van der Waals surface area contributed by atoms with Gasteiger partial charge < -0.3 is 9.15 Å². The first-order valence-corrected chi connectivity index (χ1v) is 7.66. The maximum absolute atomic E-state index is 11.6. The average Bonchev–Trinajstić information content (AvgIpc) is 2.92. The van der Waals surface area contributed by atoms with E-state index in [2.05, 4.69) is 10.2 Å². The zero-order valence-electron chi connectivity index (χ0n) is 12.8. The maximum atomic E-state index is 11.6. The molecule has 0 aliphatic rings. The molecule has 0 radical (unpaired) electrons. The number of hydrogen-bond acceptors (Lipinski definition) is 8. The molecule has 0 aliphatic carbocycles. The SMILES string of the molecule is CC(C)(C)OC(=O)CSc1nnc(-c2cccc([N+](=O)[O-])c2)o1. The molecule has 1 aromatic heterocycles. The van der Waals surface area contributed by atoms with Crippen molar-refractivity contribution in [1.82, 2.24) is 10.2 Å². The van der Waals surface area contributed by atoms with E-state index in [9.17, 15) is 14.9 Å². The largest absolute Gasteiger partial charge is 0.459 e. The summed E-state index contributed by atoms with van der Waals surface area (Å²) < 4.78 is 10.6. The van der Waals surface area contributed by atoms with Crippen LogP contribution in [-0.4, -0.2) is 32.4 Å². The molecule has 122 valence electrons. The molecule has 9 heteroatoms. The second-order valence-corrected chi connectivity index (χ2v) is 6.48. The third kappa shape index (κ3) is 5.06. The van der Waals surface area contributed by atoms with Gasteiger partial charge in [0, 0.05) is 17.7 Å². The number of nitro benzene ring substituents is 1. The fraction of sp³-hybridized carbons (Fsp3) is 0.357. The van der Waals surface area contributed by atoms with Crippen LogP contribution in [-0.2, 0) is 9.53 Å². The Morgan fingerprint density at radius 1 is 1.39 bits per heavy atom. The number of benzene rings is 1. The summed E-state index contributed by atoms with van der Waals surface area (Å²) in [5.74, 6) is -0.202. The van der Waals surface area contributed by atoms with Gasteiger partial charge in [0.15, 0.2) is 0 Å². The van der Waals surface area contributed by atoms with Gasteiger partial charge in [-0.05, 0) is 26.8 Å². The van der Waals surface area contributed by atoms with Crippen molar-refractivity contribution in [1.29, 1.82) is 0 Å². The first-order chi connectivity index (χ1) is 10.7. The van der Waals surface area contributed by atoms with Crippen molar-refractivity contribution in [2.75, 3.05) is 5.75 Å². The number of nitro groups is 1. The number of aromatic nitrogens is 2. The van der Waals surface area contributed by atoms with E-state index in [1.807, 2.05) is 0 Å². The number of hydrogen-bond donors (Lipinski definition) is 0. The van der Waals surface area contributed by atoms with Crippen LogP contribution in [0, 0.1) is 10.1 Å². The van der Waals surface area contributed by atoms with Crippen LogP contribution in [0.4, 0.5) is 5.69 Å². The maximum Gasteiger partial charge on any atom is 0.316 e. The average molecular weight is 337 g/mol. The van der Waals surface area contributed by atoms with Crippen LogP contribution in [0.2, 0.25) is 0 Å². The highest BCUT2D eigenvalue weighted by Gasteiger charge is 2.18. The zero-order chi connectivity index (χ0) is 17.0. The van der Waals surface area contributed by atoms with Crippen molar-refractivity contribution in [2.24, 2.45) is 0 Å². The Labute approximate surface area is 136 Å². The summed E-state index contributed by atoms with van der Waals surface area (Å²) in [6, 6.07) is 5.88. The Morgan fingerprint density at radius 2 is 2.13 bits per heavy atom. The van der Waals surface area contributed by atoms with Crippen LogP contribution < -0.4 is 0 Å². The summed E-state index contributed by atoms with van der Waals surface area (Å²) in [5, 5.41) is 18.6. The number of carbonyl (C=O) groups excluding carboxylic acids is 1. The van der Waals surface area contributed by atoms with Crippen LogP contribution in [0.25, 0.3) is 11.5 Å². The Hall–Kier alpha value is -2.42. The van der Waals surface area contributed by atoms with E-state index in [4.69, 9.17) is 9.15 Å². The third-order valence-electron chi connectivity index (χ3n) is 2.44. The van der Waals surface area contributed by atoms with Crippen LogP contribution in [0.15, 0.2) is 33.9 Å². The van der Waals surface area contributed by atoms with Gasteiger partial charge in [-0.1, -0.05) is 17.8 Å². The lowest BCUT2D eigenvalue weighted by molar-refractivity contribution is -0.384. The number of non-ortho nitro benzene ring substituents is 1. The molecule has 0 atom stereocenters. The minimum absolute atomic E-state index is 0.0356.